The molecule has 1 aromatic rings. The van der Waals surface area contributed by atoms with Gasteiger partial charge in [-0.25, -0.2) is 0 Å². The predicted molar refractivity (Wildman–Crippen MR) is 151 cm³/mol. The van der Waals surface area contributed by atoms with E-state index < -0.39 is 7.94 Å². The van der Waals surface area contributed by atoms with Crippen LogP contribution in [-0.2, 0) is 12.8 Å². The fourth-order valence-electron chi connectivity index (χ4n) is 4.92. The molecule has 0 atom stereocenters. The Morgan fingerprint density at radius 2 is 0.971 bits per heavy atom. The number of rotatable bonds is 21. The standard InChI is InChI=1S/C30H56O3P/c1-26(2)20-15-11-7-5-9-13-17-22-28-23-19-25-30(34(31,32)33)29(28)24-18-14-10-6-8-12-16-21-27(3)4/h19,23,25-27,31-33H,5-18,20-22,24H2,1-4H3/q+1. The minimum absolute atomic E-state index is 0.379. The molecule has 0 saturated heterocycles. The Kier molecular flexibility index (Phi) is 17.4. The Morgan fingerprint density at radius 1 is 0.559 bits per heavy atom. The molecule has 0 amide bonds. The largest absolute Gasteiger partial charge is 0.441 e. The fraction of sp³-hybridized carbons (Fsp3) is 0.800. The summed E-state index contributed by atoms with van der Waals surface area (Å²) in [5.41, 5.74) is 2.19. The molecule has 0 bridgehead atoms. The lowest BCUT2D eigenvalue weighted by atomic mass is 9.96. The average molecular weight is 496 g/mol. The first kappa shape index (κ1) is 31.6. The van der Waals surface area contributed by atoms with Gasteiger partial charge in [-0.1, -0.05) is 130 Å². The van der Waals surface area contributed by atoms with E-state index in [1.807, 2.05) is 6.07 Å². The van der Waals surface area contributed by atoms with E-state index >= 15 is 0 Å². The number of hydrogen-bond donors (Lipinski definition) is 3. The first-order valence-corrected chi connectivity index (χ1v) is 16.0. The summed E-state index contributed by atoms with van der Waals surface area (Å²) in [6, 6.07) is 5.70. The van der Waals surface area contributed by atoms with Crippen LogP contribution >= 0.6 is 7.94 Å². The molecule has 0 fully saturated rings. The van der Waals surface area contributed by atoms with Crippen molar-refractivity contribution in [3.63, 3.8) is 0 Å². The van der Waals surface area contributed by atoms with Gasteiger partial charge in [-0.05, 0) is 49.1 Å². The number of aryl methyl sites for hydroxylation is 1. The van der Waals surface area contributed by atoms with Gasteiger partial charge >= 0.3 is 7.94 Å². The van der Waals surface area contributed by atoms with Crippen LogP contribution in [0.15, 0.2) is 18.2 Å². The number of unbranched alkanes of at least 4 members (excludes halogenated alkanes) is 12. The molecule has 0 aromatic heterocycles. The summed E-state index contributed by atoms with van der Waals surface area (Å²) in [5.74, 6) is 1.64. The van der Waals surface area contributed by atoms with E-state index in [0.29, 0.717) is 5.30 Å². The second kappa shape index (κ2) is 18.8. The van der Waals surface area contributed by atoms with Crippen molar-refractivity contribution in [2.24, 2.45) is 11.8 Å². The molecule has 0 aliphatic carbocycles. The maximum atomic E-state index is 10.0. The van der Waals surface area contributed by atoms with Crippen LogP contribution < -0.4 is 5.30 Å². The van der Waals surface area contributed by atoms with Crippen LogP contribution in [0.2, 0.25) is 0 Å². The van der Waals surface area contributed by atoms with Crippen LogP contribution in [0.4, 0.5) is 0 Å². The van der Waals surface area contributed by atoms with Crippen LogP contribution in [0.25, 0.3) is 0 Å². The van der Waals surface area contributed by atoms with Gasteiger partial charge in [0, 0.05) is 5.56 Å². The van der Waals surface area contributed by atoms with Gasteiger partial charge in [0.1, 0.15) is 0 Å². The molecule has 34 heavy (non-hydrogen) atoms. The van der Waals surface area contributed by atoms with Crippen LogP contribution in [-0.4, -0.2) is 14.7 Å². The average Bonchev–Trinajstić information content (AvgIpc) is 2.76. The summed E-state index contributed by atoms with van der Waals surface area (Å²) < 4.78 is 0. The van der Waals surface area contributed by atoms with E-state index in [4.69, 9.17) is 0 Å². The van der Waals surface area contributed by atoms with Crippen LogP contribution in [0, 0.1) is 11.8 Å². The van der Waals surface area contributed by atoms with Crippen molar-refractivity contribution in [1.82, 2.24) is 0 Å². The van der Waals surface area contributed by atoms with Crippen LogP contribution in [0.3, 0.4) is 0 Å². The van der Waals surface area contributed by atoms with Crippen molar-refractivity contribution in [3.05, 3.63) is 29.3 Å². The summed E-state index contributed by atoms with van der Waals surface area (Å²) in [4.78, 5) is 30.1. The molecule has 0 aliphatic rings. The monoisotopic (exact) mass is 495 g/mol. The molecule has 0 heterocycles. The lowest BCUT2D eigenvalue weighted by Gasteiger charge is -2.15. The van der Waals surface area contributed by atoms with Gasteiger partial charge in [0.25, 0.3) is 0 Å². The molecule has 0 unspecified atom stereocenters. The Hall–Kier alpha value is -0.470. The zero-order chi connectivity index (χ0) is 25.2. The second-order valence-corrected chi connectivity index (χ2v) is 12.9. The molecule has 0 saturated carbocycles. The highest BCUT2D eigenvalue weighted by atomic mass is 31.2. The Labute approximate surface area is 212 Å². The lowest BCUT2D eigenvalue weighted by molar-refractivity contribution is 0.346. The minimum Gasteiger partial charge on any atom is -0.189 e. The van der Waals surface area contributed by atoms with Gasteiger partial charge in [-0.15, -0.1) is 0 Å². The molecule has 3 N–H and O–H groups in total. The predicted octanol–water partition coefficient (Wildman–Crippen LogP) is 8.69. The normalized spacial score (nSPS) is 12.3. The maximum Gasteiger partial charge on any atom is 0.441 e. The Balaban J connectivity index is 2.39. The van der Waals surface area contributed by atoms with Crippen molar-refractivity contribution in [3.8, 4) is 0 Å². The zero-order valence-electron chi connectivity index (χ0n) is 22.9. The lowest BCUT2D eigenvalue weighted by Crippen LogP contribution is -2.18. The van der Waals surface area contributed by atoms with Gasteiger partial charge in [-0.2, -0.15) is 14.7 Å². The van der Waals surface area contributed by atoms with Gasteiger partial charge in [0.2, 0.25) is 0 Å². The first-order valence-electron chi connectivity index (χ1n) is 14.4. The fourth-order valence-corrected chi connectivity index (χ4v) is 5.82. The molecule has 0 radical (unpaired) electrons. The molecule has 3 nitrogen and oxygen atoms in total. The summed E-state index contributed by atoms with van der Waals surface area (Å²) in [6.07, 6.45) is 22.3. The SMILES string of the molecule is CC(C)CCCCCCCCCc1cccc([P+](O)(O)O)c1CCCCCCCCCC(C)C. The van der Waals surface area contributed by atoms with Crippen LogP contribution in [0.5, 0.6) is 0 Å². The van der Waals surface area contributed by atoms with Crippen molar-refractivity contribution in [2.75, 3.05) is 0 Å². The molecule has 1 aromatic carbocycles. The minimum atomic E-state index is -3.98. The summed E-state index contributed by atoms with van der Waals surface area (Å²) in [5, 5.41) is 0.379. The quantitative estimate of drug-likeness (QED) is 0.118. The van der Waals surface area contributed by atoms with Gasteiger partial charge < -0.3 is 0 Å². The van der Waals surface area contributed by atoms with Crippen molar-refractivity contribution >= 4 is 13.2 Å². The zero-order valence-corrected chi connectivity index (χ0v) is 23.8. The highest BCUT2D eigenvalue weighted by Gasteiger charge is 2.37. The van der Waals surface area contributed by atoms with E-state index in [1.54, 1.807) is 6.07 Å². The summed E-state index contributed by atoms with van der Waals surface area (Å²) >= 11 is 0. The molecular weight excluding hydrogens is 439 g/mol. The highest BCUT2D eigenvalue weighted by Crippen LogP contribution is 2.45. The van der Waals surface area contributed by atoms with Gasteiger partial charge in [0.05, 0.1) is 0 Å². The third kappa shape index (κ3) is 15.5. The van der Waals surface area contributed by atoms with E-state index in [1.165, 1.54) is 95.5 Å². The van der Waals surface area contributed by atoms with Crippen molar-refractivity contribution < 1.29 is 14.7 Å². The van der Waals surface area contributed by atoms with Gasteiger partial charge in [0.15, 0.2) is 5.30 Å². The molecular formula is C30H56O3P+. The van der Waals surface area contributed by atoms with Crippen molar-refractivity contribution in [1.29, 1.82) is 0 Å². The molecule has 1 rings (SSSR count). The molecule has 0 aliphatic heterocycles. The van der Waals surface area contributed by atoms with Crippen molar-refractivity contribution in [2.45, 2.75) is 143 Å². The van der Waals surface area contributed by atoms with E-state index in [-0.39, 0.29) is 0 Å². The molecule has 198 valence electrons. The molecule has 0 spiro atoms. The summed E-state index contributed by atoms with van der Waals surface area (Å²) in [6.45, 7) is 9.19. The Bertz CT molecular complexity index is 622. The summed E-state index contributed by atoms with van der Waals surface area (Å²) in [7, 11) is -3.98. The Morgan fingerprint density at radius 3 is 1.41 bits per heavy atom. The number of hydrogen-bond acceptors (Lipinski definition) is 3. The molecule has 4 heteroatoms. The highest BCUT2D eigenvalue weighted by molar-refractivity contribution is 7.66. The topological polar surface area (TPSA) is 60.7 Å². The third-order valence-electron chi connectivity index (χ3n) is 7.01. The third-order valence-corrected chi connectivity index (χ3v) is 8.07. The van der Waals surface area contributed by atoms with Gasteiger partial charge in [-0.3, -0.25) is 0 Å². The number of benzene rings is 1. The first-order chi connectivity index (χ1) is 16.2. The van der Waals surface area contributed by atoms with Crippen LogP contribution in [0.1, 0.15) is 142 Å². The van der Waals surface area contributed by atoms with E-state index in [9.17, 15) is 14.7 Å². The van der Waals surface area contributed by atoms with E-state index in [0.717, 1.165) is 43.1 Å². The second-order valence-electron chi connectivity index (χ2n) is 11.3. The smallest absolute Gasteiger partial charge is 0.189 e. The maximum absolute atomic E-state index is 10.0. The van der Waals surface area contributed by atoms with E-state index in [2.05, 4.69) is 33.8 Å².